The quantitative estimate of drug-likeness (QED) is 0.718. The largest absolute Gasteiger partial charge is 0.376 e. The average molecular weight is 266 g/mol. The number of halogens is 3. The molecule has 0 spiro atoms. The lowest BCUT2D eigenvalue weighted by atomic mass is 10.1. The summed E-state index contributed by atoms with van der Waals surface area (Å²) in [7, 11) is 0. The SMILES string of the molecule is Clc1ccc(Cl)c(C(Cl)C2CCCO2)c1. The van der Waals surface area contributed by atoms with Crippen molar-refractivity contribution in [1.29, 1.82) is 0 Å². The van der Waals surface area contributed by atoms with E-state index >= 15 is 0 Å². The van der Waals surface area contributed by atoms with E-state index in [0.717, 1.165) is 25.0 Å². The van der Waals surface area contributed by atoms with Gasteiger partial charge in [0.05, 0.1) is 11.5 Å². The lowest BCUT2D eigenvalue weighted by Gasteiger charge is -2.18. The first-order valence-electron chi connectivity index (χ1n) is 4.89. The van der Waals surface area contributed by atoms with Crippen LogP contribution >= 0.6 is 34.8 Å². The minimum absolute atomic E-state index is 0.0580. The van der Waals surface area contributed by atoms with Gasteiger partial charge in [-0.2, -0.15) is 0 Å². The maximum absolute atomic E-state index is 6.32. The van der Waals surface area contributed by atoms with Crippen molar-refractivity contribution in [1.82, 2.24) is 0 Å². The van der Waals surface area contributed by atoms with Crippen molar-refractivity contribution in [3.8, 4) is 0 Å². The normalized spacial score (nSPS) is 23.0. The highest BCUT2D eigenvalue weighted by molar-refractivity contribution is 6.34. The molecule has 4 heteroatoms. The molecule has 82 valence electrons. The van der Waals surface area contributed by atoms with Gasteiger partial charge in [0.25, 0.3) is 0 Å². The Hall–Kier alpha value is 0.0500. The molecule has 2 unspecified atom stereocenters. The Balaban J connectivity index is 2.23. The third kappa shape index (κ3) is 2.59. The molecule has 0 N–H and O–H groups in total. The van der Waals surface area contributed by atoms with Crippen molar-refractivity contribution in [2.24, 2.45) is 0 Å². The van der Waals surface area contributed by atoms with Gasteiger partial charge < -0.3 is 4.74 Å². The van der Waals surface area contributed by atoms with Crippen LogP contribution in [0.2, 0.25) is 10.0 Å². The zero-order chi connectivity index (χ0) is 10.8. The van der Waals surface area contributed by atoms with Gasteiger partial charge in [0.2, 0.25) is 0 Å². The van der Waals surface area contributed by atoms with Crippen molar-refractivity contribution >= 4 is 34.8 Å². The molecule has 2 rings (SSSR count). The standard InChI is InChI=1S/C11H11Cl3O/c12-7-3-4-9(13)8(6-7)11(14)10-2-1-5-15-10/h3-4,6,10-11H,1-2,5H2. The molecule has 1 aromatic rings. The first-order chi connectivity index (χ1) is 7.18. The van der Waals surface area contributed by atoms with E-state index in [-0.39, 0.29) is 11.5 Å². The number of hydrogen-bond acceptors (Lipinski definition) is 1. The molecule has 1 saturated heterocycles. The Morgan fingerprint density at radius 1 is 1.33 bits per heavy atom. The number of hydrogen-bond donors (Lipinski definition) is 0. The van der Waals surface area contributed by atoms with Crippen LogP contribution in [0.1, 0.15) is 23.8 Å². The van der Waals surface area contributed by atoms with Crippen LogP contribution in [0.5, 0.6) is 0 Å². The molecule has 1 fully saturated rings. The molecule has 1 aromatic carbocycles. The third-order valence-electron chi connectivity index (χ3n) is 2.55. The molecule has 1 heterocycles. The van der Waals surface area contributed by atoms with E-state index in [1.165, 1.54) is 0 Å². The Kier molecular flexibility index (Phi) is 3.78. The molecular weight excluding hydrogens is 254 g/mol. The summed E-state index contributed by atoms with van der Waals surface area (Å²) in [5.41, 5.74) is 0.859. The molecule has 0 amide bonds. The highest BCUT2D eigenvalue weighted by Gasteiger charge is 2.27. The minimum Gasteiger partial charge on any atom is -0.376 e. The van der Waals surface area contributed by atoms with E-state index in [1.54, 1.807) is 12.1 Å². The molecule has 0 radical (unpaired) electrons. The Bertz CT molecular complexity index is 348. The van der Waals surface area contributed by atoms with E-state index in [2.05, 4.69) is 0 Å². The molecule has 1 aliphatic heterocycles. The Morgan fingerprint density at radius 2 is 2.13 bits per heavy atom. The van der Waals surface area contributed by atoms with Crippen LogP contribution in [-0.4, -0.2) is 12.7 Å². The van der Waals surface area contributed by atoms with Gasteiger partial charge in [0.15, 0.2) is 0 Å². The molecule has 15 heavy (non-hydrogen) atoms. The zero-order valence-electron chi connectivity index (χ0n) is 8.05. The second kappa shape index (κ2) is 4.92. The summed E-state index contributed by atoms with van der Waals surface area (Å²) >= 11 is 18.3. The van der Waals surface area contributed by atoms with Crippen molar-refractivity contribution < 1.29 is 4.74 Å². The van der Waals surface area contributed by atoms with E-state index in [0.29, 0.717) is 10.0 Å². The van der Waals surface area contributed by atoms with Crippen LogP contribution in [-0.2, 0) is 4.74 Å². The fourth-order valence-corrected chi connectivity index (χ4v) is 2.61. The average Bonchev–Trinajstić information content (AvgIpc) is 2.74. The van der Waals surface area contributed by atoms with E-state index in [4.69, 9.17) is 39.5 Å². The maximum atomic E-state index is 6.32. The molecular formula is C11H11Cl3O. The lowest BCUT2D eigenvalue weighted by molar-refractivity contribution is 0.107. The van der Waals surface area contributed by atoms with Crippen molar-refractivity contribution in [3.63, 3.8) is 0 Å². The molecule has 0 bridgehead atoms. The highest BCUT2D eigenvalue weighted by Crippen LogP contribution is 2.37. The van der Waals surface area contributed by atoms with Crippen LogP contribution in [0.25, 0.3) is 0 Å². The van der Waals surface area contributed by atoms with Gasteiger partial charge in [-0.05, 0) is 36.6 Å². The molecule has 0 saturated carbocycles. The first-order valence-corrected chi connectivity index (χ1v) is 6.08. The first kappa shape index (κ1) is 11.5. The van der Waals surface area contributed by atoms with E-state index in [1.807, 2.05) is 6.07 Å². The fraction of sp³-hybridized carbons (Fsp3) is 0.455. The summed E-state index contributed by atoms with van der Waals surface area (Å²) in [5, 5.41) is 1.09. The summed E-state index contributed by atoms with van der Waals surface area (Å²) in [6, 6.07) is 5.33. The smallest absolute Gasteiger partial charge is 0.0862 e. The fourth-order valence-electron chi connectivity index (χ4n) is 1.76. The highest BCUT2D eigenvalue weighted by atomic mass is 35.5. The maximum Gasteiger partial charge on any atom is 0.0862 e. The van der Waals surface area contributed by atoms with Crippen LogP contribution in [0.15, 0.2) is 18.2 Å². The van der Waals surface area contributed by atoms with Gasteiger partial charge in [-0.15, -0.1) is 11.6 Å². The van der Waals surface area contributed by atoms with Crippen LogP contribution in [0.4, 0.5) is 0 Å². The minimum atomic E-state index is -0.210. The summed E-state index contributed by atoms with van der Waals surface area (Å²) in [6.45, 7) is 0.784. The number of benzene rings is 1. The zero-order valence-corrected chi connectivity index (χ0v) is 10.3. The second-order valence-corrected chi connectivity index (χ2v) is 4.93. The van der Waals surface area contributed by atoms with Gasteiger partial charge in [0, 0.05) is 16.7 Å². The number of ether oxygens (including phenoxy) is 1. The summed E-state index contributed by atoms with van der Waals surface area (Å²) < 4.78 is 5.53. The van der Waals surface area contributed by atoms with Gasteiger partial charge in [0.1, 0.15) is 0 Å². The van der Waals surface area contributed by atoms with Crippen molar-refractivity contribution in [2.75, 3.05) is 6.61 Å². The lowest BCUT2D eigenvalue weighted by Crippen LogP contribution is -2.13. The van der Waals surface area contributed by atoms with E-state index in [9.17, 15) is 0 Å². The summed E-state index contributed by atoms with van der Waals surface area (Å²) in [5.74, 6) is 0. The second-order valence-electron chi connectivity index (χ2n) is 3.62. The number of rotatable bonds is 2. The topological polar surface area (TPSA) is 9.23 Å². The predicted octanol–water partition coefficient (Wildman–Crippen LogP) is 4.45. The van der Waals surface area contributed by atoms with Crippen LogP contribution < -0.4 is 0 Å². The van der Waals surface area contributed by atoms with Gasteiger partial charge in [-0.1, -0.05) is 23.2 Å². The monoisotopic (exact) mass is 264 g/mol. The van der Waals surface area contributed by atoms with Crippen LogP contribution in [0.3, 0.4) is 0 Å². The Morgan fingerprint density at radius 3 is 2.80 bits per heavy atom. The van der Waals surface area contributed by atoms with E-state index < -0.39 is 0 Å². The predicted molar refractivity (Wildman–Crippen MR) is 64.0 cm³/mol. The van der Waals surface area contributed by atoms with Gasteiger partial charge in [-0.3, -0.25) is 0 Å². The third-order valence-corrected chi connectivity index (χ3v) is 3.64. The summed E-state index contributed by atoms with van der Waals surface area (Å²) in [4.78, 5) is 0. The molecule has 0 aromatic heterocycles. The molecule has 1 aliphatic rings. The molecule has 2 atom stereocenters. The van der Waals surface area contributed by atoms with Gasteiger partial charge >= 0.3 is 0 Å². The van der Waals surface area contributed by atoms with Gasteiger partial charge in [-0.25, -0.2) is 0 Å². The molecule has 1 nitrogen and oxygen atoms in total. The van der Waals surface area contributed by atoms with Crippen LogP contribution in [0, 0.1) is 0 Å². The van der Waals surface area contributed by atoms with Crippen molar-refractivity contribution in [3.05, 3.63) is 33.8 Å². The molecule has 0 aliphatic carbocycles. The Labute approximate surface area is 104 Å². The number of alkyl halides is 1. The van der Waals surface area contributed by atoms with Crippen molar-refractivity contribution in [2.45, 2.75) is 24.3 Å². The summed E-state index contributed by atoms with van der Waals surface area (Å²) in [6.07, 6.45) is 2.10.